The predicted octanol–water partition coefficient (Wildman–Crippen LogP) is 2.79. The molecule has 0 N–H and O–H groups in total. The van der Waals surface area contributed by atoms with E-state index in [9.17, 15) is 0 Å². The van der Waals surface area contributed by atoms with E-state index in [1.54, 1.807) is 7.11 Å². The summed E-state index contributed by atoms with van der Waals surface area (Å²) < 4.78 is 5.24. The van der Waals surface area contributed by atoms with E-state index in [4.69, 9.17) is 4.74 Å². The molecule has 1 aromatic carbocycles. The number of allylic oxidation sites excluding steroid dienone is 3. The average molecular weight is 172 g/mol. The summed E-state index contributed by atoms with van der Waals surface area (Å²) in [6.45, 7) is 0. The molecule has 1 aliphatic carbocycles. The molecule has 0 aliphatic heterocycles. The molecule has 1 aliphatic rings. The first kappa shape index (κ1) is 8.11. The van der Waals surface area contributed by atoms with Gasteiger partial charge in [0.1, 0.15) is 0 Å². The fourth-order valence-electron chi connectivity index (χ4n) is 1.50. The summed E-state index contributed by atoms with van der Waals surface area (Å²) in [5, 5.41) is 0. The molecule has 0 atom stereocenters. The minimum absolute atomic E-state index is 0.889. The Morgan fingerprint density at radius 2 is 2.08 bits per heavy atom. The molecule has 2 rings (SSSR count). The highest BCUT2D eigenvalue weighted by Crippen LogP contribution is 2.18. The lowest BCUT2D eigenvalue weighted by atomic mass is 10.1. The molecule has 0 fully saturated rings. The molecule has 66 valence electrons. The minimum Gasteiger partial charge on any atom is -0.501 e. The zero-order valence-corrected chi connectivity index (χ0v) is 7.66. The number of methoxy groups -OCH3 is 1. The lowest BCUT2D eigenvalue weighted by Gasteiger charge is -2.05. The summed E-state index contributed by atoms with van der Waals surface area (Å²) in [5.74, 6) is 1.02. The summed E-state index contributed by atoms with van der Waals surface area (Å²) in [4.78, 5) is 0. The monoisotopic (exact) mass is 172 g/mol. The third-order valence-electron chi connectivity index (χ3n) is 2.24. The van der Waals surface area contributed by atoms with Gasteiger partial charge in [0.05, 0.1) is 12.9 Å². The molecule has 1 aromatic rings. The van der Waals surface area contributed by atoms with Gasteiger partial charge in [0.15, 0.2) is 0 Å². The van der Waals surface area contributed by atoms with E-state index in [2.05, 4.69) is 30.3 Å². The molecular formula is C12H12O. The van der Waals surface area contributed by atoms with Gasteiger partial charge in [0.2, 0.25) is 0 Å². The van der Waals surface area contributed by atoms with Crippen LogP contribution in [0.15, 0.2) is 42.2 Å². The highest BCUT2D eigenvalue weighted by molar-refractivity contribution is 5.57. The fourth-order valence-corrected chi connectivity index (χ4v) is 1.50. The molecule has 1 nitrogen and oxygen atoms in total. The molecular weight excluding hydrogens is 160 g/mol. The topological polar surface area (TPSA) is 9.23 Å². The molecule has 0 bridgehead atoms. The molecule has 0 unspecified atom stereocenters. The Balaban J connectivity index is 2.40. The predicted molar refractivity (Wildman–Crippen MR) is 54.3 cm³/mol. The summed E-state index contributed by atoms with van der Waals surface area (Å²) in [6, 6.07) is 8.38. The quantitative estimate of drug-likeness (QED) is 0.633. The lowest BCUT2D eigenvalue weighted by molar-refractivity contribution is 0.283. The second-order valence-electron chi connectivity index (χ2n) is 3.07. The van der Waals surface area contributed by atoms with Crippen molar-refractivity contribution < 1.29 is 4.74 Å². The molecule has 0 spiro atoms. The first-order valence-electron chi connectivity index (χ1n) is 4.39. The summed E-state index contributed by atoms with van der Waals surface area (Å²) in [5.41, 5.74) is 2.61. The molecule has 0 aromatic heterocycles. The molecule has 0 radical (unpaired) electrons. The van der Waals surface area contributed by atoms with E-state index in [1.807, 2.05) is 12.2 Å². The van der Waals surface area contributed by atoms with Crippen LogP contribution < -0.4 is 0 Å². The number of benzene rings is 1. The van der Waals surface area contributed by atoms with Crippen LogP contribution in [-0.4, -0.2) is 7.11 Å². The highest BCUT2D eigenvalue weighted by Gasteiger charge is 2.04. The second-order valence-corrected chi connectivity index (χ2v) is 3.07. The van der Waals surface area contributed by atoms with Crippen LogP contribution in [0.5, 0.6) is 0 Å². The Morgan fingerprint density at radius 1 is 1.23 bits per heavy atom. The Hall–Kier alpha value is -1.50. The maximum absolute atomic E-state index is 5.24. The zero-order valence-electron chi connectivity index (χ0n) is 7.66. The summed E-state index contributed by atoms with van der Waals surface area (Å²) in [6.07, 6.45) is 7.05. The lowest BCUT2D eigenvalue weighted by Crippen LogP contribution is -1.93. The molecule has 0 saturated heterocycles. The maximum Gasteiger partial charge on any atom is 0.0999 e. The number of hydrogen-bond donors (Lipinski definition) is 0. The Labute approximate surface area is 78.3 Å². The smallest absolute Gasteiger partial charge is 0.0999 e. The molecule has 13 heavy (non-hydrogen) atoms. The average Bonchev–Trinajstić information content (AvgIpc) is 2.38. The normalized spacial score (nSPS) is 14.4. The van der Waals surface area contributed by atoms with Gasteiger partial charge in [-0.25, -0.2) is 0 Å². The summed E-state index contributed by atoms with van der Waals surface area (Å²) >= 11 is 0. The largest absolute Gasteiger partial charge is 0.501 e. The number of rotatable bonds is 1. The number of fused-ring (bicyclic) bond motifs is 1. The zero-order chi connectivity index (χ0) is 9.10. The van der Waals surface area contributed by atoms with Crippen LogP contribution in [0.1, 0.15) is 11.1 Å². The van der Waals surface area contributed by atoms with Gasteiger partial charge in [0.25, 0.3) is 0 Å². The van der Waals surface area contributed by atoms with Gasteiger partial charge in [-0.05, 0) is 17.2 Å². The van der Waals surface area contributed by atoms with Crippen LogP contribution in [0.25, 0.3) is 6.08 Å². The third-order valence-corrected chi connectivity index (χ3v) is 2.24. The first-order chi connectivity index (χ1) is 6.40. The van der Waals surface area contributed by atoms with Gasteiger partial charge < -0.3 is 4.74 Å². The van der Waals surface area contributed by atoms with Gasteiger partial charge in [-0.2, -0.15) is 0 Å². The third kappa shape index (κ3) is 1.64. The molecule has 0 saturated carbocycles. The SMILES string of the molecule is COC1=CC=Cc2ccccc2C1. The Morgan fingerprint density at radius 3 is 2.92 bits per heavy atom. The van der Waals surface area contributed by atoms with Crippen molar-refractivity contribution in [3.63, 3.8) is 0 Å². The summed E-state index contributed by atoms with van der Waals surface area (Å²) in [7, 11) is 1.72. The first-order valence-corrected chi connectivity index (χ1v) is 4.39. The Bertz CT molecular complexity index is 361. The van der Waals surface area contributed by atoms with Gasteiger partial charge in [-0.15, -0.1) is 0 Å². The standard InChI is InChI=1S/C12H12O/c1-13-12-8-4-7-10-5-2-3-6-11(10)9-12/h2-8H,9H2,1H3. The second kappa shape index (κ2) is 3.48. The number of ether oxygens (including phenoxy) is 1. The molecule has 0 heterocycles. The van der Waals surface area contributed by atoms with Crippen molar-refractivity contribution in [1.82, 2.24) is 0 Å². The van der Waals surface area contributed by atoms with Gasteiger partial charge in [0, 0.05) is 6.42 Å². The maximum atomic E-state index is 5.24. The van der Waals surface area contributed by atoms with Gasteiger partial charge >= 0.3 is 0 Å². The molecule has 0 amide bonds. The highest BCUT2D eigenvalue weighted by atomic mass is 16.5. The van der Waals surface area contributed by atoms with Crippen LogP contribution >= 0.6 is 0 Å². The van der Waals surface area contributed by atoms with Crippen LogP contribution in [0.2, 0.25) is 0 Å². The fraction of sp³-hybridized carbons (Fsp3) is 0.167. The van der Waals surface area contributed by atoms with E-state index in [0.717, 1.165) is 12.2 Å². The number of hydrogen-bond acceptors (Lipinski definition) is 1. The van der Waals surface area contributed by atoms with E-state index >= 15 is 0 Å². The van der Waals surface area contributed by atoms with Crippen molar-refractivity contribution >= 4 is 6.08 Å². The van der Waals surface area contributed by atoms with E-state index in [1.165, 1.54) is 11.1 Å². The Kier molecular flexibility index (Phi) is 2.17. The van der Waals surface area contributed by atoms with Crippen molar-refractivity contribution in [2.24, 2.45) is 0 Å². The van der Waals surface area contributed by atoms with Crippen molar-refractivity contribution in [2.45, 2.75) is 6.42 Å². The van der Waals surface area contributed by atoms with Crippen molar-refractivity contribution in [2.75, 3.05) is 7.11 Å². The van der Waals surface area contributed by atoms with Crippen molar-refractivity contribution in [3.05, 3.63) is 53.3 Å². The van der Waals surface area contributed by atoms with E-state index in [0.29, 0.717) is 0 Å². The van der Waals surface area contributed by atoms with Crippen LogP contribution in [0, 0.1) is 0 Å². The minimum atomic E-state index is 0.889. The molecule has 1 heteroatoms. The van der Waals surface area contributed by atoms with Crippen LogP contribution in [0.3, 0.4) is 0 Å². The van der Waals surface area contributed by atoms with E-state index in [-0.39, 0.29) is 0 Å². The van der Waals surface area contributed by atoms with Crippen molar-refractivity contribution in [3.8, 4) is 0 Å². The van der Waals surface area contributed by atoms with Crippen molar-refractivity contribution in [1.29, 1.82) is 0 Å². The van der Waals surface area contributed by atoms with E-state index < -0.39 is 0 Å². The van der Waals surface area contributed by atoms with Crippen LogP contribution in [0.4, 0.5) is 0 Å². The van der Waals surface area contributed by atoms with Gasteiger partial charge in [-0.1, -0.05) is 36.4 Å². The van der Waals surface area contributed by atoms with Crippen LogP contribution in [-0.2, 0) is 11.2 Å². The van der Waals surface area contributed by atoms with Gasteiger partial charge in [-0.3, -0.25) is 0 Å².